The van der Waals surface area contributed by atoms with Gasteiger partial charge in [-0.15, -0.1) is 10.2 Å². The van der Waals surface area contributed by atoms with Crippen LogP contribution in [0.3, 0.4) is 0 Å². The van der Waals surface area contributed by atoms with Crippen LogP contribution in [-0.2, 0) is 14.8 Å². The minimum absolute atomic E-state index is 0.192. The predicted octanol–water partition coefficient (Wildman–Crippen LogP) is 2.94. The number of anilines is 2. The number of carbonyl (C=O) groups excluding carboxylic acids is 1. The lowest BCUT2D eigenvalue weighted by Crippen LogP contribution is -2.37. The van der Waals surface area contributed by atoms with Crippen LogP contribution in [0, 0.1) is 6.92 Å². The predicted molar refractivity (Wildman–Crippen MR) is 120 cm³/mol. The summed E-state index contributed by atoms with van der Waals surface area (Å²) in [5.41, 5.74) is 2.19. The molecule has 0 saturated carbocycles. The van der Waals surface area contributed by atoms with Crippen molar-refractivity contribution in [2.24, 2.45) is 0 Å². The average Bonchev–Trinajstić information content (AvgIpc) is 3.19. The van der Waals surface area contributed by atoms with E-state index in [-0.39, 0.29) is 16.6 Å². The normalized spacial score (nSPS) is 11.1. The summed E-state index contributed by atoms with van der Waals surface area (Å²) in [6, 6.07) is 12.5. The molecular formula is C20H22N4O5S2. The molecule has 0 radical (unpaired) electrons. The number of nitrogens with zero attached hydrogens (tertiary/aromatic N) is 3. The fourth-order valence-corrected chi connectivity index (χ4v) is 4.37. The van der Waals surface area contributed by atoms with Gasteiger partial charge in [0.2, 0.25) is 21.1 Å². The van der Waals surface area contributed by atoms with Gasteiger partial charge in [0.15, 0.2) is 0 Å². The van der Waals surface area contributed by atoms with Gasteiger partial charge in [-0.1, -0.05) is 41.2 Å². The number of ether oxygens (including phenoxy) is 2. The van der Waals surface area contributed by atoms with Crippen molar-refractivity contribution < 1.29 is 22.7 Å². The third-order valence-electron chi connectivity index (χ3n) is 4.31. The molecule has 1 heterocycles. The number of hydrogen-bond acceptors (Lipinski definition) is 8. The number of nitrogens with one attached hydrogen (secondary N) is 1. The third kappa shape index (κ3) is 5.50. The molecule has 0 bridgehead atoms. The van der Waals surface area contributed by atoms with Crippen molar-refractivity contribution in [2.75, 3.05) is 36.6 Å². The second-order valence-electron chi connectivity index (χ2n) is 6.63. The van der Waals surface area contributed by atoms with E-state index in [0.29, 0.717) is 10.8 Å². The standard InChI is InChI=1S/C20H22N4O5S2/c1-13-5-7-14(8-6-13)19-22-23-20(30-19)21-18(25)12-24(31(4,26)27)16-11-15(28-2)9-10-17(16)29-3/h5-11H,12H2,1-4H3,(H,21,23,25). The molecule has 1 amide bonds. The molecule has 0 aliphatic carbocycles. The van der Waals surface area contributed by atoms with Crippen LogP contribution >= 0.6 is 11.3 Å². The van der Waals surface area contributed by atoms with Gasteiger partial charge in [-0.2, -0.15) is 0 Å². The van der Waals surface area contributed by atoms with Crippen LogP contribution in [0.25, 0.3) is 10.6 Å². The highest BCUT2D eigenvalue weighted by atomic mass is 32.2. The number of rotatable bonds is 8. The fourth-order valence-electron chi connectivity index (χ4n) is 2.75. The molecule has 0 aliphatic rings. The van der Waals surface area contributed by atoms with E-state index in [4.69, 9.17) is 9.47 Å². The zero-order valence-corrected chi connectivity index (χ0v) is 19.1. The molecule has 1 N–H and O–H groups in total. The molecule has 0 saturated heterocycles. The van der Waals surface area contributed by atoms with E-state index in [1.54, 1.807) is 12.1 Å². The van der Waals surface area contributed by atoms with E-state index < -0.39 is 22.5 Å². The van der Waals surface area contributed by atoms with Gasteiger partial charge in [0, 0.05) is 11.6 Å². The van der Waals surface area contributed by atoms with Crippen molar-refractivity contribution in [1.29, 1.82) is 0 Å². The second-order valence-corrected chi connectivity index (χ2v) is 9.52. The average molecular weight is 463 g/mol. The first kappa shape index (κ1) is 22.5. The minimum Gasteiger partial charge on any atom is -0.497 e. The summed E-state index contributed by atoms with van der Waals surface area (Å²) in [5, 5.41) is 11.6. The Morgan fingerprint density at radius 2 is 1.81 bits per heavy atom. The minimum atomic E-state index is -3.80. The van der Waals surface area contributed by atoms with Gasteiger partial charge >= 0.3 is 0 Å². The van der Waals surface area contributed by atoms with Gasteiger partial charge in [0.1, 0.15) is 23.1 Å². The third-order valence-corrected chi connectivity index (χ3v) is 6.33. The van der Waals surface area contributed by atoms with Crippen LogP contribution in [0.2, 0.25) is 0 Å². The molecule has 2 aromatic carbocycles. The van der Waals surface area contributed by atoms with Crippen LogP contribution < -0.4 is 19.1 Å². The van der Waals surface area contributed by atoms with Crippen LogP contribution in [-0.4, -0.2) is 51.5 Å². The Morgan fingerprint density at radius 3 is 2.42 bits per heavy atom. The Balaban J connectivity index is 1.81. The molecule has 0 atom stereocenters. The lowest BCUT2D eigenvalue weighted by atomic mass is 10.2. The Bertz CT molecular complexity index is 1180. The van der Waals surface area contributed by atoms with Crippen molar-refractivity contribution in [2.45, 2.75) is 6.92 Å². The molecule has 0 spiro atoms. The highest BCUT2D eigenvalue weighted by Crippen LogP contribution is 2.34. The Hall–Kier alpha value is -3.18. The molecule has 11 heteroatoms. The number of aryl methyl sites for hydroxylation is 1. The maximum absolute atomic E-state index is 12.6. The van der Waals surface area contributed by atoms with Crippen molar-refractivity contribution in [1.82, 2.24) is 10.2 Å². The molecule has 31 heavy (non-hydrogen) atoms. The zero-order valence-electron chi connectivity index (χ0n) is 17.4. The molecule has 164 valence electrons. The summed E-state index contributed by atoms with van der Waals surface area (Å²) in [6.45, 7) is 1.52. The van der Waals surface area contributed by atoms with Crippen molar-refractivity contribution >= 4 is 38.1 Å². The number of amides is 1. The largest absolute Gasteiger partial charge is 0.497 e. The van der Waals surface area contributed by atoms with Gasteiger partial charge in [-0.05, 0) is 19.1 Å². The number of sulfonamides is 1. The van der Waals surface area contributed by atoms with Gasteiger partial charge < -0.3 is 9.47 Å². The van der Waals surface area contributed by atoms with E-state index in [9.17, 15) is 13.2 Å². The second kappa shape index (κ2) is 9.31. The van der Waals surface area contributed by atoms with Crippen LogP contribution in [0.5, 0.6) is 11.5 Å². The highest BCUT2D eigenvalue weighted by Gasteiger charge is 2.25. The number of aromatic nitrogens is 2. The molecule has 3 aromatic rings. The maximum atomic E-state index is 12.6. The summed E-state index contributed by atoms with van der Waals surface area (Å²) in [4.78, 5) is 12.6. The van der Waals surface area contributed by atoms with E-state index >= 15 is 0 Å². The van der Waals surface area contributed by atoms with Crippen molar-refractivity contribution in [3.05, 3.63) is 48.0 Å². The van der Waals surface area contributed by atoms with Crippen molar-refractivity contribution in [3.63, 3.8) is 0 Å². The fraction of sp³-hybridized carbons (Fsp3) is 0.250. The van der Waals surface area contributed by atoms with Crippen LogP contribution in [0.1, 0.15) is 5.56 Å². The van der Waals surface area contributed by atoms with Crippen LogP contribution in [0.15, 0.2) is 42.5 Å². The first-order chi connectivity index (χ1) is 14.7. The van der Waals surface area contributed by atoms with Gasteiger partial charge in [0.25, 0.3) is 0 Å². The van der Waals surface area contributed by atoms with Gasteiger partial charge in [0.05, 0.1) is 26.2 Å². The molecular weight excluding hydrogens is 440 g/mol. The first-order valence-corrected chi connectivity index (χ1v) is 11.8. The summed E-state index contributed by atoms with van der Waals surface area (Å²) in [6.07, 6.45) is 1.01. The highest BCUT2D eigenvalue weighted by molar-refractivity contribution is 7.92. The molecule has 0 aliphatic heterocycles. The SMILES string of the molecule is COc1ccc(OC)c(N(CC(=O)Nc2nnc(-c3ccc(C)cc3)s2)S(C)(=O)=O)c1. The van der Waals surface area contributed by atoms with Gasteiger partial charge in [-0.25, -0.2) is 8.42 Å². The number of carbonyl (C=O) groups is 1. The summed E-state index contributed by atoms with van der Waals surface area (Å²) in [7, 11) is -0.922. The Labute approximate surface area is 184 Å². The van der Waals surface area contributed by atoms with Gasteiger partial charge in [-0.3, -0.25) is 14.4 Å². The smallest absolute Gasteiger partial charge is 0.246 e. The quantitative estimate of drug-likeness (QED) is 0.548. The lowest BCUT2D eigenvalue weighted by molar-refractivity contribution is -0.114. The number of hydrogen-bond donors (Lipinski definition) is 1. The molecule has 3 rings (SSSR count). The first-order valence-electron chi connectivity index (χ1n) is 9.11. The molecule has 0 fully saturated rings. The van der Waals surface area contributed by atoms with Crippen LogP contribution in [0.4, 0.5) is 10.8 Å². The van der Waals surface area contributed by atoms with E-state index in [2.05, 4.69) is 15.5 Å². The molecule has 0 unspecified atom stereocenters. The summed E-state index contributed by atoms with van der Waals surface area (Å²) < 4.78 is 36.3. The topological polar surface area (TPSA) is 111 Å². The summed E-state index contributed by atoms with van der Waals surface area (Å²) >= 11 is 1.20. The monoisotopic (exact) mass is 462 g/mol. The summed E-state index contributed by atoms with van der Waals surface area (Å²) in [5.74, 6) is 0.148. The molecule has 1 aromatic heterocycles. The van der Waals surface area contributed by atoms with E-state index in [0.717, 1.165) is 21.7 Å². The Kier molecular flexibility index (Phi) is 6.76. The number of benzene rings is 2. The maximum Gasteiger partial charge on any atom is 0.246 e. The van der Waals surface area contributed by atoms with Crippen molar-refractivity contribution in [3.8, 4) is 22.1 Å². The zero-order chi connectivity index (χ0) is 22.6. The lowest BCUT2D eigenvalue weighted by Gasteiger charge is -2.24. The number of methoxy groups -OCH3 is 2. The van der Waals surface area contributed by atoms with E-state index in [1.165, 1.54) is 31.6 Å². The van der Waals surface area contributed by atoms with E-state index in [1.807, 2.05) is 31.2 Å². The molecule has 9 nitrogen and oxygen atoms in total. The Morgan fingerprint density at radius 1 is 1.10 bits per heavy atom.